The zero-order chi connectivity index (χ0) is 15.0. The first-order valence-electron chi connectivity index (χ1n) is 7.29. The summed E-state index contributed by atoms with van der Waals surface area (Å²) < 4.78 is 41.0. The third-order valence-electron chi connectivity index (χ3n) is 4.44. The number of fused-ring (bicyclic) bond motifs is 1. The van der Waals surface area contributed by atoms with Crippen molar-refractivity contribution in [2.75, 3.05) is 18.8 Å². The third kappa shape index (κ3) is 2.90. The van der Waals surface area contributed by atoms with Crippen LogP contribution in [0.3, 0.4) is 0 Å². The fourth-order valence-electron chi connectivity index (χ4n) is 3.33. The lowest BCUT2D eigenvalue weighted by Gasteiger charge is -2.32. The van der Waals surface area contributed by atoms with Gasteiger partial charge in [-0.25, -0.2) is 17.5 Å². The molecular weight excluding hydrogens is 293 g/mol. The van der Waals surface area contributed by atoms with Crippen LogP contribution >= 0.6 is 0 Å². The Morgan fingerprint density at radius 2 is 2.05 bits per heavy atom. The molecule has 2 unspecified atom stereocenters. The van der Waals surface area contributed by atoms with Crippen molar-refractivity contribution in [2.24, 2.45) is 0 Å². The molecule has 0 spiro atoms. The van der Waals surface area contributed by atoms with Gasteiger partial charge in [-0.05, 0) is 44.0 Å². The molecule has 2 fully saturated rings. The molecule has 0 saturated carbocycles. The average Bonchev–Trinajstić information content (AvgIpc) is 2.85. The normalized spacial score (nSPS) is 26.7. The van der Waals surface area contributed by atoms with Crippen LogP contribution in [0.5, 0.6) is 0 Å². The second kappa shape index (κ2) is 5.55. The van der Waals surface area contributed by atoms with Crippen LogP contribution in [0.15, 0.2) is 23.1 Å². The lowest BCUT2D eigenvalue weighted by Crippen LogP contribution is -2.46. The quantitative estimate of drug-likeness (QED) is 0.825. The van der Waals surface area contributed by atoms with Gasteiger partial charge < -0.3 is 5.73 Å². The minimum atomic E-state index is -3.71. The highest BCUT2D eigenvalue weighted by atomic mass is 32.2. The number of piperidine rings is 1. The van der Waals surface area contributed by atoms with E-state index in [1.165, 1.54) is 18.6 Å². The number of halogens is 1. The van der Waals surface area contributed by atoms with E-state index in [1.54, 1.807) is 0 Å². The Balaban J connectivity index is 1.78. The van der Waals surface area contributed by atoms with Gasteiger partial charge in [-0.2, -0.15) is 0 Å². The predicted molar refractivity (Wildman–Crippen MR) is 78.8 cm³/mol. The van der Waals surface area contributed by atoms with Gasteiger partial charge >= 0.3 is 0 Å². The van der Waals surface area contributed by atoms with E-state index in [0.717, 1.165) is 38.4 Å². The molecule has 5 nitrogen and oxygen atoms in total. The molecule has 1 aromatic carbocycles. The van der Waals surface area contributed by atoms with Crippen molar-refractivity contribution >= 4 is 15.7 Å². The molecule has 0 aliphatic carbocycles. The number of sulfonamides is 1. The van der Waals surface area contributed by atoms with E-state index < -0.39 is 15.8 Å². The Hall–Kier alpha value is -1.18. The van der Waals surface area contributed by atoms with Crippen molar-refractivity contribution in [1.82, 2.24) is 9.62 Å². The molecule has 116 valence electrons. The van der Waals surface area contributed by atoms with Crippen molar-refractivity contribution in [3.05, 3.63) is 24.0 Å². The van der Waals surface area contributed by atoms with Gasteiger partial charge in [0.15, 0.2) is 0 Å². The Labute approximate surface area is 124 Å². The van der Waals surface area contributed by atoms with Crippen LogP contribution in [0.4, 0.5) is 10.1 Å². The fraction of sp³-hybridized carbons (Fsp3) is 0.571. The molecule has 0 aromatic heterocycles. The largest absolute Gasteiger partial charge is 0.396 e. The van der Waals surface area contributed by atoms with Gasteiger partial charge in [-0.15, -0.1) is 0 Å². The van der Waals surface area contributed by atoms with Gasteiger partial charge in [0.05, 0.1) is 10.6 Å². The van der Waals surface area contributed by atoms with Crippen molar-refractivity contribution in [3.63, 3.8) is 0 Å². The number of hydrogen-bond acceptors (Lipinski definition) is 4. The molecular formula is C14H20FN3O2S. The molecule has 2 heterocycles. The third-order valence-corrected chi connectivity index (χ3v) is 5.93. The summed E-state index contributed by atoms with van der Waals surface area (Å²) in [5.41, 5.74) is 5.34. The number of anilines is 1. The summed E-state index contributed by atoms with van der Waals surface area (Å²) in [5, 5.41) is 0. The summed E-state index contributed by atoms with van der Waals surface area (Å²) in [6, 6.07) is 3.79. The Bertz CT molecular complexity index is 635. The lowest BCUT2D eigenvalue weighted by atomic mass is 10.00. The molecule has 2 aliphatic rings. The molecule has 0 amide bonds. The molecule has 2 atom stereocenters. The molecule has 2 saturated heterocycles. The smallest absolute Gasteiger partial charge is 0.240 e. The highest BCUT2D eigenvalue weighted by Crippen LogP contribution is 2.28. The molecule has 3 N–H and O–H groups in total. The molecule has 2 aliphatic heterocycles. The van der Waals surface area contributed by atoms with Gasteiger partial charge in [0.25, 0.3) is 0 Å². The number of nitrogens with two attached hydrogens (primary N) is 1. The van der Waals surface area contributed by atoms with Gasteiger partial charge in [0.1, 0.15) is 5.82 Å². The first kappa shape index (κ1) is 14.7. The zero-order valence-corrected chi connectivity index (χ0v) is 12.6. The van der Waals surface area contributed by atoms with Crippen LogP contribution in [-0.2, 0) is 10.0 Å². The average molecular weight is 313 g/mol. The SMILES string of the molecule is Nc1ccc(S(=O)(=O)NC2CCN3CCCCC23)cc1F. The van der Waals surface area contributed by atoms with Gasteiger partial charge in [0, 0.05) is 18.6 Å². The number of nitrogen functional groups attached to an aromatic ring is 1. The monoisotopic (exact) mass is 313 g/mol. The molecule has 21 heavy (non-hydrogen) atoms. The van der Waals surface area contributed by atoms with E-state index in [4.69, 9.17) is 5.73 Å². The minimum Gasteiger partial charge on any atom is -0.396 e. The number of nitrogens with one attached hydrogen (secondary N) is 1. The Kier molecular flexibility index (Phi) is 3.90. The summed E-state index contributed by atoms with van der Waals surface area (Å²) in [6.07, 6.45) is 4.14. The van der Waals surface area contributed by atoms with Gasteiger partial charge in [0.2, 0.25) is 10.0 Å². The van der Waals surface area contributed by atoms with Crippen LogP contribution < -0.4 is 10.5 Å². The van der Waals surface area contributed by atoms with E-state index in [0.29, 0.717) is 0 Å². The number of benzene rings is 1. The number of hydrogen-bond donors (Lipinski definition) is 2. The first-order chi connectivity index (χ1) is 9.97. The topological polar surface area (TPSA) is 75.4 Å². The Morgan fingerprint density at radius 3 is 2.81 bits per heavy atom. The minimum absolute atomic E-state index is 0.0479. The second-order valence-electron chi connectivity index (χ2n) is 5.80. The van der Waals surface area contributed by atoms with E-state index in [-0.39, 0.29) is 22.7 Å². The van der Waals surface area contributed by atoms with E-state index in [9.17, 15) is 12.8 Å². The summed E-state index contributed by atoms with van der Waals surface area (Å²) in [7, 11) is -3.71. The summed E-state index contributed by atoms with van der Waals surface area (Å²) in [6.45, 7) is 1.97. The maximum Gasteiger partial charge on any atom is 0.240 e. The first-order valence-corrected chi connectivity index (χ1v) is 8.77. The summed E-state index contributed by atoms with van der Waals surface area (Å²) >= 11 is 0. The maximum atomic E-state index is 13.5. The second-order valence-corrected chi connectivity index (χ2v) is 7.51. The summed E-state index contributed by atoms with van der Waals surface area (Å²) in [5.74, 6) is -0.705. The van der Waals surface area contributed by atoms with E-state index in [2.05, 4.69) is 9.62 Å². The number of nitrogens with zero attached hydrogens (tertiary/aromatic N) is 1. The maximum absolute atomic E-state index is 13.5. The van der Waals surface area contributed by atoms with Crippen LogP contribution in [-0.4, -0.2) is 38.5 Å². The fourth-order valence-corrected chi connectivity index (χ4v) is 4.64. The standard InChI is InChI=1S/C14H20FN3O2S/c15-11-9-10(4-5-12(11)16)21(19,20)17-13-6-8-18-7-2-1-3-14(13)18/h4-5,9,13-14,17H,1-3,6-8,16H2. The Morgan fingerprint density at radius 1 is 1.24 bits per heavy atom. The highest BCUT2D eigenvalue weighted by Gasteiger charge is 2.37. The van der Waals surface area contributed by atoms with Crippen molar-refractivity contribution in [2.45, 2.75) is 42.7 Å². The van der Waals surface area contributed by atoms with Crippen LogP contribution in [0, 0.1) is 5.82 Å². The lowest BCUT2D eigenvalue weighted by molar-refractivity contribution is 0.186. The van der Waals surface area contributed by atoms with Gasteiger partial charge in [-0.1, -0.05) is 6.42 Å². The summed E-state index contributed by atoms with van der Waals surface area (Å²) in [4.78, 5) is 2.28. The number of rotatable bonds is 3. The molecule has 3 rings (SSSR count). The van der Waals surface area contributed by atoms with E-state index in [1.807, 2.05) is 0 Å². The zero-order valence-electron chi connectivity index (χ0n) is 11.8. The van der Waals surface area contributed by atoms with Crippen molar-refractivity contribution in [1.29, 1.82) is 0 Å². The van der Waals surface area contributed by atoms with Crippen molar-refractivity contribution in [3.8, 4) is 0 Å². The van der Waals surface area contributed by atoms with Crippen LogP contribution in [0.1, 0.15) is 25.7 Å². The molecule has 0 radical (unpaired) electrons. The predicted octanol–water partition coefficient (Wildman–Crippen LogP) is 1.31. The highest BCUT2D eigenvalue weighted by molar-refractivity contribution is 7.89. The van der Waals surface area contributed by atoms with Crippen molar-refractivity contribution < 1.29 is 12.8 Å². The molecule has 0 bridgehead atoms. The molecule has 7 heteroatoms. The van der Waals surface area contributed by atoms with Crippen LogP contribution in [0.25, 0.3) is 0 Å². The van der Waals surface area contributed by atoms with Gasteiger partial charge in [-0.3, -0.25) is 4.90 Å². The van der Waals surface area contributed by atoms with Crippen LogP contribution in [0.2, 0.25) is 0 Å². The van der Waals surface area contributed by atoms with E-state index >= 15 is 0 Å². The molecule has 1 aromatic rings.